The Balaban J connectivity index is 1.59. The number of thioether (sulfide) groups is 1. The van der Waals surface area contributed by atoms with Gasteiger partial charge in [-0.3, -0.25) is 9.59 Å². The van der Waals surface area contributed by atoms with Gasteiger partial charge < -0.3 is 5.32 Å². The molecule has 23 heavy (non-hydrogen) atoms. The Labute approximate surface area is 138 Å². The van der Waals surface area contributed by atoms with Gasteiger partial charge in [-0.05, 0) is 31.0 Å². The summed E-state index contributed by atoms with van der Waals surface area (Å²) in [4.78, 5) is 23.1. The van der Waals surface area contributed by atoms with Crippen LogP contribution in [0.4, 0.5) is 10.5 Å². The minimum Gasteiger partial charge on any atom is -0.317 e. The Bertz CT molecular complexity index is 701. The Hall–Kier alpha value is -2.08. The van der Waals surface area contributed by atoms with Crippen molar-refractivity contribution >= 4 is 22.7 Å². The van der Waals surface area contributed by atoms with E-state index in [1.807, 2.05) is 24.3 Å². The standard InChI is InChI=1S/C17H19N3O2S/c21-16-11-10-15(19-20-16)12-6-8-13(9-7-12)18-17(22)23-14-4-2-1-3-5-14/h6-11,14H,1-5H2,(H,18,22)(H,20,21). The summed E-state index contributed by atoms with van der Waals surface area (Å²) in [5, 5.41) is 9.78. The van der Waals surface area contributed by atoms with E-state index < -0.39 is 0 Å². The van der Waals surface area contributed by atoms with Crippen LogP contribution in [0, 0.1) is 0 Å². The van der Waals surface area contributed by atoms with Crippen molar-refractivity contribution in [3.8, 4) is 11.3 Å². The average molecular weight is 329 g/mol. The Morgan fingerprint density at radius 3 is 2.48 bits per heavy atom. The first-order valence-electron chi connectivity index (χ1n) is 7.84. The van der Waals surface area contributed by atoms with Crippen molar-refractivity contribution in [2.24, 2.45) is 0 Å². The molecule has 0 saturated heterocycles. The molecule has 1 heterocycles. The molecular weight excluding hydrogens is 310 g/mol. The Kier molecular flexibility index (Phi) is 5.12. The van der Waals surface area contributed by atoms with Gasteiger partial charge in [-0.25, -0.2) is 5.10 Å². The molecule has 1 amide bonds. The second kappa shape index (κ2) is 7.46. The van der Waals surface area contributed by atoms with Gasteiger partial charge in [0.2, 0.25) is 0 Å². The van der Waals surface area contributed by atoms with Crippen LogP contribution in [0.2, 0.25) is 0 Å². The largest absolute Gasteiger partial charge is 0.317 e. The van der Waals surface area contributed by atoms with Crippen molar-refractivity contribution in [1.82, 2.24) is 10.2 Å². The molecule has 1 aromatic carbocycles. The molecule has 120 valence electrons. The summed E-state index contributed by atoms with van der Waals surface area (Å²) in [5.74, 6) is 0. The molecule has 0 radical (unpaired) electrons. The second-order valence-corrected chi connectivity index (χ2v) is 6.95. The summed E-state index contributed by atoms with van der Waals surface area (Å²) < 4.78 is 0. The number of aromatic amines is 1. The maximum atomic E-state index is 12.1. The fraction of sp³-hybridized carbons (Fsp3) is 0.353. The number of anilines is 1. The predicted molar refractivity (Wildman–Crippen MR) is 93.8 cm³/mol. The third-order valence-corrected chi connectivity index (χ3v) is 5.05. The molecule has 0 spiro atoms. The Morgan fingerprint density at radius 2 is 1.83 bits per heavy atom. The minimum absolute atomic E-state index is 0.00631. The average Bonchev–Trinajstić information content (AvgIpc) is 2.57. The summed E-state index contributed by atoms with van der Waals surface area (Å²) >= 11 is 1.42. The molecule has 3 rings (SSSR count). The van der Waals surface area contributed by atoms with E-state index >= 15 is 0 Å². The lowest BCUT2D eigenvalue weighted by atomic mass is 10.0. The molecule has 1 fully saturated rings. The van der Waals surface area contributed by atoms with E-state index in [0.29, 0.717) is 10.9 Å². The first-order valence-corrected chi connectivity index (χ1v) is 8.72. The van der Waals surface area contributed by atoms with E-state index in [1.54, 1.807) is 6.07 Å². The van der Waals surface area contributed by atoms with Crippen LogP contribution in [0.5, 0.6) is 0 Å². The van der Waals surface area contributed by atoms with Crippen LogP contribution in [-0.2, 0) is 0 Å². The first kappa shape index (κ1) is 15.8. The second-order valence-electron chi connectivity index (χ2n) is 5.67. The number of rotatable bonds is 3. The number of aromatic nitrogens is 2. The summed E-state index contributed by atoms with van der Waals surface area (Å²) in [6, 6.07) is 10.6. The van der Waals surface area contributed by atoms with Crippen molar-refractivity contribution in [1.29, 1.82) is 0 Å². The normalized spacial score (nSPS) is 15.3. The third kappa shape index (κ3) is 4.45. The number of hydrogen-bond acceptors (Lipinski definition) is 4. The van der Waals surface area contributed by atoms with Crippen LogP contribution in [0.3, 0.4) is 0 Å². The summed E-state index contributed by atoms with van der Waals surface area (Å²) in [6.07, 6.45) is 6.01. The monoisotopic (exact) mass is 329 g/mol. The minimum atomic E-state index is -0.225. The van der Waals surface area contributed by atoms with E-state index in [-0.39, 0.29) is 10.8 Å². The van der Waals surface area contributed by atoms with E-state index in [0.717, 1.165) is 24.1 Å². The van der Waals surface area contributed by atoms with Crippen molar-refractivity contribution in [3.05, 3.63) is 46.8 Å². The van der Waals surface area contributed by atoms with Gasteiger partial charge in [-0.2, -0.15) is 5.10 Å². The highest BCUT2D eigenvalue weighted by Gasteiger charge is 2.17. The lowest BCUT2D eigenvalue weighted by Crippen LogP contribution is -2.14. The van der Waals surface area contributed by atoms with E-state index in [1.165, 1.54) is 37.1 Å². The van der Waals surface area contributed by atoms with Gasteiger partial charge in [-0.15, -0.1) is 0 Å². The van der Waals surface area contributed by atoms with Crippen LogP contribution < -0.4 is 10.9 Å². The summed E-state index contributed by atoms with van der Waals surface area (Å²) in [5.41, 5.74) is 2.13. The van der Waals surface area contributed by atoms with Gasteiger partial charge in [0, 0.05) is 22.6 Å². The summed E-state index contributed by atoms with van der Waals surface area (Å²) in [6.45, 7) is 0. The maximum Gasteiger partial charge on any atom is 0.283 e. The van der Waals surface area contributed by atoms with Gasteiger partial charge in [0.05, 0.1) is 5.69 Å². The number of hydrogen-bond donors (Lipinski definition) is 2. The van der Waals surface area contributed by atoms with Crippen LogP contribution in [-0.4, -0.2) is 20.7 Å². The highest BCUT2D eigenvalue weighted by molar-refractivity contribution is 8.14. The smallest absolute Gasteiger partial charge is 0.283 e. The van der Waals surface area contributed by atoms with Gasteiger partial charge in [0.15, 0.2) is 0 Å². The lowest BCUT2D eigenvalue weighted by molar-refractivity contribution is 0.269. The molecule has 6 heteroatoms. The van der Waals surface area contributed by atoms with Crippen LogP contribution in [0.1, 0.15) is 32.1 Å². The molecule has 0 aliphatic heterocycles. The molecule has 1 aliphatic carbocycles. The molecule has 0 unspecified atom stereocenters. The highest BCUT2D eigenvalue weighted by Crippen LogP contribution is 2.29. The zero-order chi connectivity index (χ0) is 16.1. The molecule has 1 aliphatic rings. The van der Waals surface area contributed by atoms with Crippen molar-refractivity contribution < 1.29 is 4.79 Å². The topological polar surface area (TPSA) is 74.8 Å². The number of benzene rings is 1. The first-order chi connectivity index (χ1) is 11.2. The van der Waals surface area contributed by atoms with Crippen molar-refractivity contribution in [2.75, 3.05) is 5.32 Å². The molecule has 1 saturated carbocycles. The van der Waals surface area contributed by atoms with Gasteiger partial charge in [0.1, 0.15) is 0 Å². The zero-order valence-electron chi connectivity index (χ0n) is 12.7. The lowest BCUT2D eigenvalue weighted by Gasteiger charge is -2.20. The van der Waals surface area contributed by atoms with Gasteiger partial charge >= 0.3 is 0 Å². The van der Waals surface area contributed by atoms with Crippen LogP contribution in [0.15, 0.2) is 41.2 Å². The quantitative estimate of drug-likeness (QED) is 0.891. The number of nitrogens with one attached hydrogen (secondary N) is 2. The predicted octanol–water partition coefficient (Wildman–Crippen LogP) is 4.03. The van der Waals surface area contributed by atoms with Crippen LogP contribution in [0.25, 0.3) is 11.3 Å². The molecule has 2 aromatic rings. The number of carbonyl (C=O) groups is 1. The SMILES string of the molecule is O=C(Nc1ccc(-c2ccc(=O)[nH]n2)cc1)SC1CCCCC1. The molecule has 1 aromatic heterocycles. The van der Waals surface area contributed by atoms with Gasteiger partial charge in [-0.1, -0.05) is 43.2 Å². The molecule has 2 N–H and O–H groups in total. The zero-order valence-corrected chi connectivity index (χ0v) is 13.6. The number of amides is 1. The van der Waals surface area contributed by atoms with E-state index in [4.69, 9.17) is 0 Å². The fourth-order valence-corrected chi connectivity index (χ4v) is 3.76. The third-order valence-electron chi connectivity index (χ3n) is 3.93. The van der Waals surface area contributed by atoms with Crippen molar-refractivity contribution in [3.63, 3.8) is 0 Å². The summed E-state index contributed by atoms with van der Waals surface area (Å²) in [7, 11) is 0. The highest BCUT2D eigenvalue weighted by atomic mass is 32.2. The van der Waals surface area contributed by atoms with E-state index in [2.05, 4.69) is 15.5 Å². The van der Waals surface area contributed by atoms with Crippen LogP contribution >= 0.6 is 11.8 Å². The number of nitrogens with zero attached hydrogens (tertiary/aromatic N) is 1. The molecule has 0 bridgehead atoms. The Morgan fingerprint density at radius 1 is 1.09 bits per heavy atom. The number of H-pyrrole nitrogens is 1. The maximum absolute atomic E-state index is 12.1. The van der Waals surface area contributed by atoms with E-state index in [9.17, 15) is 9.59 Å². The van der Waals surface area contributed by atoms with Crippen molar-refractivity contribution in [2.45, 2.75) is 37.4 Å². The molecular formula is C17H19N3O2S. The number of carbonyl (C=O) groups excluding carboxylic acids is 1. The van der Waals surface area contributed by atoms with Gasteiger partial charge in [0.25, 0.3) is 10.8 Å². The fourth-order valence-electron chi connectivity index (χ4n) is 2.71. The molecule has 5 nitrogen and oxygen atoms in total. The molecule has 0 atom stereocenters.